The molecule has 2 atom stereocenters. The minimum absolute atomic E-state index is 0.0512. The highest BCUT2D eigenvalue weighted by Crippen LogP contribution is 2.41. The van der Waals surface area contributed by atoms with E-state index in [-0.39, 0.29) is 30.3 Å². The summed E-state index contributed by atoms with van der Waals surface area (Å²) < 4.78 is 89.9. The lowest BCUT2D eigenvalue weighted by Gasteiger charge is -2.34. The maximum Gasteiger partial charge on any atom is 0.416 e. The van der Waals surface area contributed by atoms with Crippen molar-refractivity contribution < 1.29 is 35.8 Å². The lowest BCUT2D eigenvalue weighted by Crippen LogP contribution is -2.36. The zero-order chi connectivity index (χ0) is 24.4. The van der Waals surface area contributed by atoms with Gasteiger partial charge >= 0.3 is 12.4 Å². The normalized spacial score (nSPS) is 18.5. The predicted octanol–water partition coefficient (Wildman–Crippen LogP) is 6.12. The number of nitrogens with one attached hydrogen (secondary N) is 2. The van der Waals surface area contributed by atoms with Crippen LogP contribution in [-0.4, -0.2) is 32.3 Å². The van der Waals surface area contributed by atoms with Crippen molar-refractivity contribution in [1.29, 1.82) is 0 Å². The summed E-state index contributed by atoms with van der Waals surface area (Å²) in [6.07, 6.45) is -7.22. The van der Waals surface area contributed by atoms with Gasteiger partial charge in [-0.15, -0.1) is 0 Å². The lowest BCUT2D eigenvalue weighted by molar-refractivity contribution is -0.143. The number of methoxy groups -OCH3 is 2. The summed E-state index contributed by atoms with van der Waals surface area (Å²) in [5.74, 6) is 1.76. The Hall–Kier alpha value is -2.27. The summed E-state index contributed by atoms with van der Waals surface area (Å²) in [6.45, 7) is -0.169. The molecule has 3 rings (SSSR count). The van der Waals surface area contributed by atoms with Crippen LogP contribution in [-0.2, 0) is 18.9 Å². The molecule has 2 aromatic rings. The number of hydrogen-bond donors (Lipinski definition) is 2. The van der Waals surface area contributed by atoms with Gasteiger partial charge in [-0.2, -0.15) is 38.1 Å². The Kier molecular flexibility index (Phi) is 7.62. The maximum absolute atomic E-state index is 13.2. The van der Waals surface area contributed by atoms with Gasteiger partial charge in [-0.3, -0.25) is 0 Å². The van der Waals surface area contributed by atoms with E-state index in [0.29, 0.717) is 17.9 Å². The molecule has 33 heavy (non-hydrogen) atoms. The number of hydrogen-bond acceptors (Lipinski definition) is 5. The van der Waals surface area contributed by atoms with E-state index in [0.717, 1.165) is 29.1 Å². The van der Waals surface area contributed by atoms with Gasteiger partial charge < -0.3 is 20.1 Å². The quantitative estimate of drug-likeness (QED) is 0.454. The van der Waals surface area contributed by atoms with Gasteiger partial charge in [-0.25, -0.2) is 0 Å². The highest BCUT2D eigenvalue weighted by Gasteiger charge is 2.37. The molecule has 0 saturated carbocycles. The number of benzene rings is 2. The van der Waals surface area contributed by atoms with E-state index < -0.39 is 23.5 Å². The molecule has 2 N–H and O–H groups in total. The van der Waals surface area contributed by atoms with Crippen LogP contribution in [0.5, 0.6) is 11.5 Å². The number of rotatable bonds is 7. The van der Waals surface area contributed by atoms with Gasteiger partial charge in [0.05, 0.1) is 25.3 Å². The summed E-state index contributed by atoms with van der Waals surface area (Å²) in [7, 11) is 2.99. The van der Waals surface area contributed by atoms with Gasteiger partial charge in [-0.05, 0) is 48.1 Å². The molecule has 4 nitrogen and oxygen atoms in total. The number of halogens is 6. The van der Waals surface area contributed by atoms with Crippen molar-refractivity contribution in [2.45, 2.75) is 37.4 Å². The minimum atomic E-state index is -4.88. The van der Waals surface area contributed by atoms with Crippen LogP contribution in [0, 0.1) is 0 Å². The molecule has 182 valence electrons. The Labute approximate surface area is 192 Å². The second kappa shape index (κ2) is 9.92. The van der Waals surface area contributed by atoms with E-state index in [1.54, 1.807) is 23.9 Å². The summed E-state index contributed by atoms with van der Waals surface area (Å²) in [5.41, 5.74) is -1.18. The van der Waals surface area contributed by atoms with Gasteiger partial charge in [-0.1, -0.05) is 0 Å². The van der Waals surface area contributed by atoms with E-state index in [4.69, 9.17) is 9.47 Å². The lowest BCUT2D eigenvalue weighted by atomic mass is 9.92. The monoisotopic (exact) mass is 494 g/mol. The number of thioether (sulfide) groups is 1. The Morgan fingerprint density at radius 3 is 2.03 bits per heavy atom. The van der Waals surface area contributed by atoms with Crippen LogP contribution in [0.3, 0.4) is 0 Å². The largest absolute Gasteiger partial charge is 0.493 e. The Morgan fingerprint density at radius 2 is 1.52 bits per heavy atom. The summed E-state index contributed by atoms with van der Waals surface area (Å²) >= 11 is 1.63. The fourth-order valence-corrected chi connectivity index (χ4v) is 4.49. The third kappa shape index (κ3) is 6.00. The molecule has 1 aliphatic rings. The highest BCUT2D eigenvalue weighted by molar-refractivity contribution is 7.98. The molecule has 11 heteroatoms. The van der Waals surface area contributed by atoms with Crippen molar-refractivity contribution in [3.63, 3.8) is 0 Å². The molecule has 1 heterocycles. The van der Waals surface area contributed by atoms with Crippen LogP contribution in [0.15, 0.2) is 30.3 Å². The molecule has 0 spiro atoms. The van der Waals surface area contributed by atoms with Crippen LogP contribution in [0.1, 0.15) is 34.7 Å². The van der Waals surface area contributed by atoms with E-state index in [1.165, 1.54) is 14.2 Å². The zero-order valence-corrected chi connectivity index (χ0v) is 19.0. The van der Waals surface area contributed by atoms with Crippen LogP contribution >= 0.6 is 11.8 Å². The first-order chi connectivity index (χ1) is 15.5. The van der Waals surface area contributed by atoms with Gasteiger partial charge in [0.1, 0.15) is 0 Å². The molecule has 1 aliphatic heterocycles. The molecule has 2 unspecified atom stereocenters. The van der Waals surface area contributed by atoms with Crippen molar-refractivity contribution in [3.8, 4) is 11.5 Å². The first kappa shape index (κ1) is 25.4. The van der Waals surface area contributed by atoms with Gasteiger partial charge in [0, 0.05) is 36.1 Å². The standard InChI is InChI=1S/C22H24F6N2O2S/c1-31-19-8-16-17(7-15(11-33-3)30-18(16)9-20(19)32-2)29-10-12-4-13(21(23,24)25)6-14(5-12)22(26,27)28/h4-6,8-9,15,17,29-30H,7,10-11H2,1-3H3. The Balaban J connectivity index is 1.93. The van der Waals surface area contributed by atoms with Crippen molar-refractivity contribution >= 4 is 17.4 Å². The maximum atomic E-state index is 13.2. The molecule has 0 radical (unpaired) electrons. The SMILES string of the molecule is COc1cc2c(cc1OC)C(NCc1cc(C(F)(F)F)cc(C(F)(F)F)c1)CC(CSC)N2. The molecular weight excluding hydrogens is 470 g/mol. The predicted molar refractivity (Wildman–Crippen MR) is 116 cm³/mol. The molecule has 2 aromatic carbocycles. The van der Waals surface area contributed by atoms with Crippen LogP contribution in [0.2, 0.25) is 0 Å². The fourth-order valence-electron chi connectivity index (χ4n) is 3.86. The molecular formula is C22H24F6N2O2S. The Morgan fingerprint density at radius 1 is 0.939 bits per heavy atom. The molecule has 0 aromatic heterocycles. The van der Waals surface area contributed by atoms with Crippen molar-refractivity contribution in [3.05, 3.63) is 52.6 Å². The molecule has 0 fully saturated rings. The first-order valence-electron chi connectivity index (χ1n) is 9.99. The highest BCUT2D eigenvalue weighted by atomic mass is 32.2. The summed E-state index contributed by atoms with van der Waals surface area (Å²) in [6, 6.07) is 4.91. The van der Waals surface area contributed by atoms with Crippen molar-refractivity contribution in [1.82, 2.24) is 5.32 Å². The topological polar surface area (TPSA) is 42.5 Å². The number of anilines is 1. The summed E-state index contributed by atoms with van der Waals surface area (Å²) in [4.78, 5) is 0. The average molecular weight is 495 g/mol. The van der Waals surface area contributed by atoms with Crippen LogP contribution < -0.4 is 20.1 Å². The third-order valence-corrected chi connectivity index (χ3v) is 6.11. The van der Waals surface area contributed by atoms with Crippen molar-refractivity contribution in [2.75, 3.05) is 31.5 Å². The van der Waals surface area contributed by atoms with E-state index in [1.807, 2.05) is 6.26 Å². The number of ether oxygens (including phenoxy) is 2. The average Bonchev–Trinajstić information content (AvgIpc) is 2.75. The molecule has 0 bridgehead atoms. The first-order valence-corrected chi connectivity index (χ1v) is 11.4. The zero-order valence-electron chi connectivity index (χ0n) is 18.2. The van der Waals surface area contributed by atoms with Crippen LogP contribution in [0.25, 0.3) is 0 Å². The second-order valence-electron chi connectivity index (χ2n) is 7.67. The van der Waals surface area contributed by atoms with E-state index >= 15 is 0 Å². The molecule has 0 saturated heterocycles. The summed E-state index contributed by atoms with van der Waals surface area (Å²) in [5, 5.41) is 6.56. The smallest absolute Gasteiger partial charge is 0.416 e. The van der Waals surface area contributed by atoms with Gasteiger partial charge in [0.2, 0.25) is 0 Å². The second-order valence-corrected chi connectivity index (χ2v) is 8.59. The number of alkyl halides is 6. The van der Waals surface area contributed by atoms with E-state index in [9.17, 15) is 26.3 Å². The van der Waals surface area contributed by atoms with Gasteiger partial charge in [0.25, 0.3) is 0 Å². The third-order valence-electron chi connectivity index (χ3n) is 5.38. The van der Waals surface area contributed by atoms with Crippen molar-refractivity contribution in [2.24, 2.45) is 0 Å². The Bertz CT molecular complexity index is 948. The fraction of sp³-hybridized carbons (Fsp3) is 0.455. The minimum Gasteiger partial charge on any atom is -0.493 e. The van der Waals surface area contributed by atoms with Gasteiger partial charge in [0.15, 0.2) is 11.5 Å². The number of fused-ring (bicyclic) bond motifs is 1. The molecule has 0 amide bonds. The molecule has 0 aliphatic carbocycles. The van der Waals surface area contributed by atoms with E-state index in [2.05, 4.69) is 10.6 Å². The van der Waals surface area contributed by atoms with Crippen LogP contribution in [0.4, 0.5) is 32.0 Å².